The van der Waals surface area contributed by atoms with Gasteiger partial charge in [0.05, 0.1) is 11.6 Å². The molecule has 3 aromatic rings. The Labute approximate surface area is 143 Å². The summed E-state index contributed by atoms with van der Waals surface area (Å²) in [5.41, 5.74) is 9.27. The quantitative estimate of drug-likeness (QED) is 0.554. The van der Waals surface area contributed by atoms with E-state index in [1.165, 1.54) is 27.8 Å². The van der Waals surface area contributed by atoms with Crippen molar-refractivity contribution in [1.82, 2.24) is 0 Å². The molecule has 0 unspecified atom stereocenters. The number of nitrogens with zero attached hydrogens (tertiary/aromatic N) is 1. The summed E-state index contributed by atoms with van der Waals surface area (Å²) in [6.45, 7) is 6.67. The SMILES string of the molecule is Cc1ccc2c(c1)C(C)(C)c1c-2ccc(C#N)c1-c1ccccc1. The fourth-order valence-corrected chi connectivity index (χ4v) is 4.02. The molecule has 0 atom stereocenters. The Morgan fingerprint density at radius 2 is 1.58 bits per heavy atom. The Morgan fingerprint density at radius 1 is 0.875 bits per heavy atom. The Balaban J connectivity index is 2.12. The third-order valence-corrected chi connectivity index (χ3v) is 5.15. The van der Waals surface area contributed by atoms with E-state index in [-0.39, 0.29) is 5.41 Å². The van der Waals surface area contributed by atoms with Gasteiger partial charge < -0.3 is 0 Å². The van der Waals surface area contributed by atoms with Crippen LogP contribution in [0.4, 0.5) is 0 Å². The Bertz CT molecular complexity index is 989. The third-order valence-electron chi connectivity index (χ3n) is 5.15. The minimum Gasteiger partial charge on any atom is -0.192 e. The molecule has 0 amide bonds. The van der Waals surface area contributed by atoms with Gasteiger partial charge in [-0.3, -0.25) is 0 Å². The van der Waals surface area contributed by atoms with Gasteiger partial charge in [0.2, 0.25) is 0 Å². The van der Waals surface area contributed by atoms with Crippen LogP contribution in [0, 0.1) is 18.3 Å². The lowest BCUT2D eigenvalue weighted by atomic mass is 9.77. The summed E-state index contributed by atoms with van der Waals surface area (Å²) < 4.78 is 0. The monoisotopic (exact) mass is 309 g/mol. The summed E-state index contributed by atoms with van der Waals surface area (Å²) in [6, 6.07) is 23.4. The molecule has 0 aromatic heterocycles. The lowest BCUT2D eigenvalue weighted by Crippen LogP contribution is -2.17. The van der Waals surface area contributed by atoms with E-state index in [1.54, 1.807) is 0 Å². The van der Waals surface area contributed by atoms with Crippen molar-refractivity contribution in [3.8, 4) is 28.3 Å². The van der Waals surface area contributed by atoms with Gasteiger partial charge in [0.25, 0.3) is 0 Å². The first-order valence-corrected chi connectivity index (χ1v) is 8.28. The second kappa shape index (κ2) is 5.08. The second-order valence-electron chi connectivity index (χ2n) is 7.06. The number of hydrogen-bond donors (Lipinski definition) is 0. The molecule has 0 heterocycles. The van der Waals surface area contributed by atoms with Crippen LogP contribution in [0.1, 0.15) is 36.1 Å². The van der Waals surface area contributed by atoms with Gasteiger partial charge in [-0.15, -0.1) is 0 Å². The average Bonchev–Trinajstić information content (AvgIpc) is 2.82. The molecular weight excluding hydrogens is 290 g/mol. The molecule has 0 bridgehead atoms. The summed E-state index contributed by atoms with van der Waals surface area (Å²) >= 11 is 0. The number of hydrogen-bond acceptors (Lipinski definition) is 1. The summed E-state index contributed by atoms with van der Waals surface area (Å²) in [7, 11) is 0. The summed E-state index contributed by atoms with van der Waals surface area (Å²) in [5.74, 6) is 0. The zero-order chi connectivity index (χ0) is 16.9. The van der Waals surface area contributed by atoms with Crippen molar-refractivity contribution in [2.75, 3.05) is 0 Å². The van der Waals surface area contributed by atoms with Crippen molar-refractivity contribution in [3.63, 3.8) is 0 Å². The zero-order valence-corrected chi connectivity index (χ0v) is 14.2. The maximum atomic E-state index is 9.69. The molecule has 116 valence electrons. The molecule has 1 aliphatic carbocycles. The highest BCUT2D eigenvalue weighted by atomic mass is 14.4. The first-order valence-electron chi connectivity index (χ1n) is 8.28. The summed E-state index contributed by atoms with van der Waals surface area (Å²) in [5, 5.41) is 9.69. The molecule has 0 N–H and O–H groups in total. The molecule has 0 fully saturated rings. The number of aryl methyl sites for hydroxylation is 1. The van der Waals surface area contributed by atoms with E-state index in [0.29, 0.717) is 0 Å². The molecule has 24 heavy (non-hydrogen) atoms. The zero-order valence-electron chi connectivity index (χ0n) is 14.2. The van der Waals surface area contributed by atoms with Crippen LogP contribution in [0.15, 0.2) is 60.7 Å². The van der Waals surface area contributed by atoms with Crippen molar-refractivity contribution in [3.05, 3.63) is 82.9 Å². The van der Waals surface area contributed by atoms with Gasteiger partial charge >= 0.3 is 0 Å². The van der Waals surface area contributed by atoms with E-state index < -0.39 is 0 Å². The number of nitriles is 1. The highest BCUT2D eigenvalue weighted by molar-refractivity contribution is 5.90. The predicted molar refractivity (Wildman–Crippen MR) is 98.9 cm³/mol. The maximum absolute atomic E-state index is 9.69. The molecule has 0 spiro atoms. The Hall–Kier alpha value is -2.85. The first kappa shape index (κ1) is 14.7. The number of fused-ring (bicyclic) bond motifs is 3. The third kappa shape index (κ3) is 1.93. The van der Waals surface area contributed by atoms with Crippen LogP contribution in [-0.4, -0.2) is 0 Å². The second-order valence-corrected chi connectivity index (χ2v) is 7.06. The molecule has 1 nitrogen and oxygen atoms in total. The normalized spacial score (nSPS) is 13.9. The lowest BCUT2D eigenvalue weighted by molar-refractivity contribution is 0.661. The maximum Gasteiger partial charge on any atom is 0.0998 e. The molecule has 0 aliphatic heterocycles. The van der Waals surface area contributed by atoms with E-state index in [2.05, 4.69) is 63.2 Å². The van der Waals surface area contributed by atoms with Gasteiger partial charge in [-0.2, -0.15) is 5.26 Å². The number of benzene rings is 3. The van der Waals surface area contributed by atoms with E-state index in [9.17, 15) is 5.26 Å². The fourth-order valence-electron chi connectivity index (χ4n) is 4.02. The highest BCUT2D eigenvalue weighted by Crippen LogP contribution is 2.53. The standard InChI is InChI=1S/C23H19N/c1-15-9-11-18-19-12-10-17(14-24)21(16-7-5-4-6-8-16)22(19)23(2,3)20(18)13-15/h4-13H,1-3H3. The van der Waals surface area contributed by atoms with Crippen molar-refractivity contribution in [1.29, 1.82) is 5.26 Å². The lowest BCUT2D eigenvalue weighted by Gasteiger charge is -2.25. The first-order chi connectivity index (χ1) is 11.5. The van der Waals surface area contributed by atoms with Crippen LogP contribution >= 0.6 is 0 Å². The smallest absolute Gasteiger partial charge is 0.0998 e. The Kier molecular flexibility index (Phi) is 3.11. The van der Waals surface area contributed by atoms with Crippen LogP contribution in [0.5, 0.6) is 0 Å². The largest absolute Gasteiger partial charge is 0.192 e. The minimum absolute atomic E-state index is 0.116. The molecule has 0 saturated carbocycles. The Morgan fingerprint density at radius 3 is 2.29 bits per heavy atom. The van der Waals surface area contributed by atoms with Crippen LogP contribution in [-0.2, 0) is 5.41 Å². The van der Waals surface area contributed by atoms with Gasteiger partial charge in [-0.05, 0) is 40.8 Å². The average molecular weight is 309 g/mol. The van der Waals surface area contributed by atoms with Gasteiger partial charge in [0, 0.05) is 11.0 Å². The van der Waals surface area contributed by atoms with E-state index in [1.807, 2.05) is 24.3 Å². The summed E-state index contributed by atoms with van der Waals surface area (Å²) in [4.78, 5) is 0. The molecule has 0 saturated heterocycles. The molecule has 4 rings (SSSR count). The highest BCUT2D eigenvalue weighted by Gasteiger charge is 2.38. The molecular formula is C23H19N. The fraction of sp³-hybridized carbons (Fsp3) is 0.174. The van der Waals surface area contributed by atoms with Crippen molar-refractivity contribution < 1.29 is 0 Å². The molecule has 0 radical (unpaired) electrons. The van der Waals surface area contributed by atoms with E-state index in [0.717, 1.165) is 16.7 Å². The van der Waals surface area contributed by atoms with Gasteiger partial charge in [-0.1, -0.05) is 74.0 Å². The van der Waals surface area contributed by atoms with E-state index >= 15 is 0 Å². The van der Waals surface area contributed by atoms with Gasteiger partial charge in [0.1, 0.15) is 0 Å². The topological polar surface area (TPSA) is 23.8 Å². The van der Waals surface area contributed by atoms with Gasteiger partial charge in [-0.25, -0.2) is 0 Å². The molecule has 1 heteroatoms. The predicted octanol–water partition coefficient (Wildman–Crippen LogP) is 5.84. The van der Waals surface area contributed by atoms with Crippen LogP contribution in [0.2, 0.25) is 0 Å². The van der Waals surface area contributed by atoms with Crippen LogP contribution in [0.25, 0.3) is 22.3 Å². The summed E-state index contributed by atoms with van der Waals surface area (Å²) in [6.07, 6.45) is 0. The van der Waals surface area contributed by atoms with E-state index in [4.69, 9.17) is 0 Å². The van der Waals surface area contributed by atoms with Crippen molar-refractivity contribution in [2.45, 2.75) is 26.2 Å². The van der Waals surface area contributed by atoms with Crippen molar-refractivity contribution >= 4 is 0 Å². The van der Waals surface area contributed by atoms with Crippen LogP contribution in [0.3, 0.4) is 0 Å². The van der Waals surface area contributed by atoms with Crippen LogP contribution < -0.4 is 0 Å². The molecule has 3 aromatic carbocycles. The number of rotatable bonds is 1. The van der Waals surface area contributed by atoms with Crippen molar-refractivity contribution in [2.24, 2.45) is 0 Å². The molecule has 1 aliphatic rings. The van der Waals surface area contributed by atoms with Gasteiger partial charge in [0.15, 0.2) is 0 Å². The minimum atomic E-state index is -0.116.